The van der Waals surface area contributed by atoms with Gasteiger partial charge in [-0.05, 0) is 42.9 Å². The largest absolute Gasteiger partial charge is 0.445 e. The van der Waals surface area contributed by atoms with Gasteiger partial charge < -0.3 is 14.8 Å². The van der Waals surface area contributed by atoms with E-state index in [1.54, 1.807) is 17.2 Å². The third-order valence-electron chi connectivity index (χ3n) is 6.72. The first-order chi connectivity index (χ1) is 19.2. The van der Waals surface area contributed by atoms with Crippen molar-refractivity contribution in [1.82, 2.24) is 24.6 Å². The highest BCUT2D eigenvalue weighted by atomic mass is 32.2. The summed E-state index contributed by atoms with van der Waals surface area (Å²) in [7, 11) is 0. The molecule has 1 N–H and O–H groups in total. The second-order valence-electron chi connectivity index (χ2n) is 9.29. The van der Waals surface area contributed by atoms with Gasteiger partial charge in [0.15, 0.2) is 5.16 Å². The van der Waals surface area contributed by atoms with Gasteiger partial charge in [0, 0.05) is 30.8 Å². The van der Waals surface area contributed by atoms with E-state index in [4.69, 9.17) is 4.74 Å². The van der Waals surface area contributed by atoms with E-state index in [2.05, 4.69) is 15.0 Å². The summed E-state index contributed by atoms with van der Waals surface area (Å²) < 4.78 is 46.8. The van der Waals surface area contributed by atoms with Crippen molar-refractivity contribution in [2.75, 3.05) is 19.3 Å². The minimum Gasteiger partial charge on any atom is -0.445 e. The van der Waals surface area contributed by atoms with Gasteiger partial charge in [0.25, 0.3) is 0 Å². The van der Waals surface area contributed by atoms with Crippen LogP contribution in [0.2, 0.25) is 0 Å². The number of likely N-dealkylation sites (tertiary alicyclic amines) is 1. The average Bonchev–Trinajstić information content (AvgIpc) is 3.33. The van der Waals surface area contributed by atoms with Crippen molar-refractivity contribution in [3.8, 4) is 22.6 Å². The van der Waals surface area contributed by atoms with Gasteiger partial charge in [-0.15, -0.1) is 0 Å². The predicted octanol–water partition coefficient (Wildman–Crippen LogP) is 6.50. The Balaban J connectivity index is 1.41. The SMILES string of the molecule is CSc1nccc(-c2c(-c3cccc(C(F)(F)F)c3)nc(C3CCN(C(=O)OCc4ccccc4)CC3)n2O)n1. The quantitative estimate of drug-likeness (QED) is 0.161. The smallest absolute Gasteiger partial charge is 0.416 e. The lowest BCUT2D eigenvalue weighted by molar-refractivity contribution is -0.137. The summed E-state index contributed by atoms with van der Waals surface area (Å²) in [4.78, 5) is 27.5. The lowest BCUT2D eigenvalue weighted by atomic mass is 9.96. The molecule has 3 heterocycles. The molecule has 1 aliphatic rings. The van der Waals surface area contributed by atoms with Gasteiger partial charge in [-0.1, -0.05) is 54.2 Å². The molecule has 4 aromatic rings. The van der Waals surface area contributed by atoms with Crippen molar-refractivity contribution >= 4 is 17.9 Å². The van der Waals surface area contributed by atoms with Crippen LogP contribution in [0.3, 0.4) is 0 Å². The summed E-state index contributed by atoms with van der Waals surface area (Å²) in [5.74, 6) is 0.0485. The Labute approximate surface area is 232 Å². The number of halogens is 3. The van der Waals surface area contributed by atoms with Crippen molar-refractivity contribution in [3.63, 3.8) is 0 Å². The van der Waals surface area contributed by atoms with Crippen LogP contribution in [0.15, 0.2) is 72.0 Å². The van der Waals surface area contributed by atoms with Gasteiger partial charge in [-0.2, -0.15) is 17.9 Å². The van der Waals surface area contributed by atoms with E-state index in [0.29, 0.717) is 42.6 Å². The van der Waals surface area contributed by atoms with Crippen LogP contribution in [0.4, 0.5) is 18.0 Å². The number of benzene rings is 2. The summed E-state index contributed by atoms with van der Waals surface area (Å²) in [6.45, 7) is 0.925. The van der Waals surface area contributed by atoms with Gasteiger partial charge in [0.05, 0.1) is 11.3 Å². The molecule has 1 aliphatic heterocycles. The lowest BCUT2D eigenvalue weighted by Gasteiger charge is -2.30. The highest BCUT2D eigenvalue weighted by molar-refractivity contribution is 7.98. The topological polar surface area (TPSA) is 93.4 Å². The molecule has 1 amide bonds. The molecule has 12 heteroatoms. The monoisotopic (exact) mass is 569 g/mol. The maximum absolute atomic E-state index is 13.5. The van der Waals surface area contributed by atoms with Crippen molar-refractivity contribution in [2.45, 2.75) is 36.7 Å². The zero-order valence-electron chi connectivity index (χ0n) is 21.5. The Morgan fingerprint density at radius 2 is 1.82 bits per heavy atom. The molecule has 0 bridgehead atoms. The number of thioether (sulfide) groups is 1. The van der Waals surface area contributed by atoms with Crippen LogP contribution in [0.1, 0.15) is 35.7 Å². The summed E-state index contributed by atoms with van der Waals surface area (Å²) in [5, 5.41) is 11.8. The van der Waals surface area contributed by atoms with Crippen LogP contribution in [-0.2, 0) is 17.5 Å². The molecule has 5 rings (SSSR count). The molecule has 208 valence electrons. The maximum Gasteiger partial charge on any atom is 0.416 e. The number of ether oxygens (including phenoxy) is 1. The number of piperidine rings is 1. The number of hydrogen-bond donors (Lipinski definition) is 1. The van der Waals surface area contributed by atoms with Crippen molar-refractivity contribution < 1.29 is 27.9 Å². The number of carbonyl (C=O) groups excluding carboxylic acids is 1. The molecule has 0 radical (unpaired) electrons. The second kappa shape index (κ2) is 11.6. The van der Waals surface area contributed by atoms with E-state index < -0.39 is 17.8 Å². The minimum absolute atomic E-state index is 0.168. The third-order valence-corrected chi connectivity index (χ3v) is 7.29. The number of hydrogen-bond acceptors (Lipinski definition) is 7. The molecule has 2 aromatic carbocycles. The summed E-state index contributed by atoms with van der Waals surface area (Å²) in [6, 6.07) is 15.8. The Morgan fingerprint density at radius 1 is 1.07 bits per heavy atom. The molecule has 0 atom stereocenters. The number of imidazole rings is 1. The molecular formula is C28H26F3N5O3S. The van der Waals surface area contributed by atoms with Crippen molar-refractivity contribution in [3.05, 3.63) is 83.8 Å². The second-order valence-corrected chi connectivity index (χ2v) is 10.1. The highest BCUT2D eigenvalue weighted by Crippen LogP contribution is 2.38. The molecular weight excluding hydrogens is 543 g/mol. The summed E-state index contributed by atoms with van der Waals surface area (Å²) in [5.41, 5.74) is 0.952. The van der Waals surface area contributed by atoms with Gasteiger partial charge in [-0.25, -0.2) is 19.7 Å². The third kappa shape index (κ3) is 5.91. The predicted molar refractivity (Wildman–Crippen MR) is 143 cm³/mol. The average molecular weight is 570 g/mol. The van der Waals surface area contributed by atoms with Crippen LogP contribution in [0, 0.1) is 0 Å². The fourth-order valence-electron chi connectivity index (χ4n) is 4.67. The normalized spacial score (nSPS) is 14.3. The molecule has 1 saturated heterocycles. The molecule has 0 unspecified atom stereocenters. The molecule has 40 heavy (non-hydrogen) atoms. The molecule has 8 nitrogen and oxygen atoms in total. The van der Waals surface area contributed by atoms with Crippen molar-refractivity contribution in [2.24, 2.45) is 0 Å². The van der Waals surface area contributed by atoms with Crippen LogP contribution in [0.5, 0.6) is 0 Å². The van der Waals surface area contributed by atoms with E-state index in [0.717, 1.165) is 22.4 Å². The molecule has 0 saturated carbocycles. The number of aromatic nitrogens is 4. The molecule has 0 aliphatic carbocycles. The molecule has 0 spiro atoms. The number of alkyl halides is 3. The maximum atomic E-state index is 13.5. The van der Waals surface area contributed by atoms with Crippen LogP contribution < -0.4 is 0 Å². The molecule has 1 fully saturated rings. The Hall–Kier alpha value is -4.06. The van der Waals surface area contributed by atoms with E-state index >= 15 is 0 Å². The first-order valence-electron chi connectivity index (χ1n) is 12.6. The van der Waals surface area contributed by atoms with E-state index in [1.165, 1.54) is 30.1 Å². The van der Waals surface area contributed by atoms with Gasteiger partial charge in [0.2, 0.25) is 0 Å². The minimum atomic E-state index is -4.54. The fourth-order valence-corrected chi connectivity index (χ4v) is 5.03. The number of carbonyl (C=O) groups is 1. The number of nitrogens with zero attached hydrogens (tertiary/aromatic N) is 5. The van der Waals surface area contributed by atoms with Gasteiger partial charge >= 0.3 is 12.3 Å². The Kier molecular flexibility index (Phi) is 7.97. The van der Waals surface area contributed by atoms with Crippen molar-refractivity contribution in [1.29, 1.82) is 0 Å². The fraction of sp³-hybridized carbons (Fsp3) is 0.286. The zero-order chi connectivity index (χ0) is 28.3. The highest BCUT2D eigenvalue weighted by Gasteiger charge is 2.33. The first kappa shape index (κ1) is 27.5. The summed E-state index contributed by atoms with van der Waals surface area (Å²) in [6.07, 6.45) is -0.670. The molecule has 2 aromatic heterocycles. The van der Waals surface area contributed by atoms with Gasteiger partial charge in [-0.3, -0.25) is 0 Å². The zero-order valence-corrected chi connectivity index (χ0v) is 22.3. The summed E-state index contributed by atoms with van der Waals surface area (Å²) >= 11 is 1.30. The van der Waals surface area contributed by atoms with Gasteiger partial charge in [0.1, 0.15) is 23.8 Å². The number of amides is 1. The Bertz CT molecular complexity index is 1490. The number of rotatable bonds is 6. The van der Waals surface area contributed by atoms with Crippen LogP contribution in [-0.4, -0.2) is 55.2 Å². The van der Waals surface area contributed by atoms with E-state index in [-0.39, 0.29) is 29.5 Å². The Morgan fingerprint density at radius 3 is 2.52 bits per heavy atom. The van der Waals surface area contributed by atoms with E-state index in [1.807, 2.05) is 30.3 Å². The van der Waals surface area contributed by atoms with Crippen LogP contribution in [0.25, 0.3) is 22.6 Å². The lowest BCUT2D eigenvalue weighted by Crippen LogP contribution is -2.38. The first-order valence-corrected chi connectivity index (χ1v) is 13.8. The van der Waals surface area contributed by atoms with E-state index in [9.17, 15) is 23.2 Å². The van der Waals surface area contributed by atoms with Crippen LogP contribution >= 0.6 is 11.8 Å². The standard InChI is InChI=1S/C28H26F3N5O3S/c1-40-26-32-13-10-22(33-26)24-23(20-8-5-9-21(16-20)28(29,30)31)34-25(36(24)38)19-11-14-35(15-12-19)27(37)39-17-18-6-3-2-4-7-18/h2-10,13,16,19,38H,11-12,14-15,17H2,1H3.